The molecule has 2 unspecified atom stereocenters. The molecule has 2 rings (SSSR count). The molecular weight excluding hydrogens is 278 g/mol. The average Bonchev–Trinajstić information content (AvgIpc) is 2.42. The van der Waals surface area contributed by atoms with Gasteiger partial charge in [-0.2, -0.15) is 12.6 Å². The first kappa shape index (κ1) is 14.0. The zero-order chi connectivity index (χ0) is 13.8. The first-order chi connectivity index (χ1) is 9.09. The van der Waals surface area contributed by atoms with Crippen molar-refractivity contribution in [1.82, 2.24) is 0 Å². The van der Waals surface area contributed by atoms with Crippen LogP contribution in [0.15, 0.2) is 54.6 Å². The number of thiol groups is 1. The molecule has 0 spiro atoms. The second-order valence-electron chi connectivity index (χ2n) is 4.29. The third-order valence-corrected chi connectivity index (χ3v) is 3.84. The molecule has 98 valence electrons. The molecule has 2 aromatic carbocycles. The van der Waals surface area contributed by atoms with E-state index in [0.717, 1.165) is 11.1 Å². The Morgan fingerprint density at radius 1 is 1.00 bits per heavy atom. The van der Waals surface area contributed by atoms with E-state index in [1.807, 2.05) is 42.5 Å². The lowest BCUT2D eigenvalue weighted by molar-refractivity contribution is -0.119. The first-order valence-electron chi connectivity index (χ1n) is 5.87. The summed E-state index contributed by atoms with van der Waals surface area (Å²) in [7, 11) is 0. The monoisotopic (exact) mass is 291 g/mol. The molecule has 1 amide bonds. The summed E-state index contributed by atoms with van der Waals surface area (Å²) in [5.74, 6) is -0.880. The van der Waals surface area contributed by atoms with Crippen molar-refractivity contribution >= 4 is 30.1 Å². The number of carbonyl (C=O) groups is 1. The van der Waals surface area contributed by atoms with Crippen LogP contribution in [0.3, 0.4) is 0 Å². The molecule has 2 atom stereocenters. The van der Waals surface area contributed by atoms with Gasteiger partial charge in [-0.15, -0.1) is 0 Å². The Morgan fingerprint density at radius 3 is 2.11 bits per heavy atom. The molecule has 0 saturated heterocycles. The summed E-state index contributed by atoms with van der Waals surface area (Å²) in [6.45, 7) is 0. The van der Waals surface area contributed by atoms with Crippen LogP contribution in [0, 0.1) is 0 Å². The van der Waals surface area contributed by atoms with Crippen LogP contribution in [0.4, 0.5) is 0 Å². The summed E-state index contributed by atoms with van der Waals surface area (Å²) < 4.78 is 0. The number of rotatable bonds is 4. The van der Waals surface area contributed by atoms with Crippen LogP contribution >= 0.6 is 24.2 Å². The molecule has 0 fully saturated rings. The minimum Gasteiger partial charge on any atom is -0.369 e. The van der Waals surface area contributed by atoms with Gasteiger partial charge < -0.3 is 5.73 Å². The van der Waals surface area contributed by atoms with Gasteiger partial charge >= 0.3 is 0 Å². The minimum absolute atomic E-state index is 0.278. The van der Waals surface area contributed by atoms with Crippen LogP contribution in [0.25, 0.3) is 0 Å². The predicted molar refractivity (Wildman–Crippen MR) is 81.6 cm³/mol. The first-order valence-corrected chi connectivity index (χ1v) is 6.77. The van der Waals surface area contributed by atoms with E-state index in [-0.39, 0.29) is 5.25 Å². The van der Waals surface area contributed by atoms with Crippen molar-refractivity contribution in [3.05, 3.63) is 70.7 Å². The van der Waals surface area contributed by atoms with Crippen molar-refractivity contribution in [1.29, 1.82) is 0 Å². The minimum atomic E-state index is -0.483. The van der Waals surface area contributed by atoms with Gasteiger partial charge in [0, 0.05) is 10.3 Å². The Bertz CT molecular complexity index is 556. The SMILES string of the molecule is NC(=O)C(c1ccc(Cl)cc1)C(S)c1ccccc1. The molecule has 19 heavy (non-hydrogen) atoms. The van der Waals surface area contributed by atoms with Crippen LogP contribution in [0.1, 0.15) is 22.3 Å². The molecule has 0 aliphatic rings. The summed E-state index contributed by atoms with van der Waals surface area (Å²) >= 11 is 10.4. The zero-order valence-corrected chi connectivity index (χ0v) is 11.8. The molecule has 0 radical (unpaired) electrons. The summed E-state index contributed by atoms with van der Waals surface area (Å²) in [6, 6.07) is 16.7. The van der Waals surface area contributed by atoms with Gasteiger partial charge in [0.05, 0.1) is 5.92 Å². The molecule has 2 N–H and O–H groups in total. The highest BCUT2D eigenvalue weighted by atomic mass is 35.5. The number of hydrogen-bond donors (Lipinski definition) is 2. The second kappa shape index (κ2) is 6.13. The molecule has 4 heteroatoms. The zero-order valence-electron chi connectivity index (χ0n) is 10.2. The summed E-state index contributed by atoms with van der Waals surface area (Å²) in [6.07, 6.45) is 0. The summed E-state index contributed by atoms with van der Waals surface area (Å²) in [5.41, 5.74) is 7.31. The standard InChI is InChI=1S/C15H14ClNOS/c16-12-8-6-10(7-9-12)13(15(17)18)14(19)11-4-2-1-3-5-11/h1-9,13-14,19H,(H2,17,18). The smallest absolute Gasteiger partial charge is 0.226 e. The number of halogens is 1. The fourth-order valence-corrected chi connectivity index (χ4v) is 2.63. The molecule has 0 heterocycles. The van der Waals surface area contributed by atoms with E-state index in [1.54, 1.807) is 12.1 Å². The molecule has 0 aromatic heterocycles. The number of primary amides is 1. The van der Waals surface area contributed by atoms with Gasteiger partial charge in [-0.1, -0.05) is 54.1 Å². The van der Waals surface area contributed by atoms with Gasteiger partial charge in [0.1, 0.15) is 0 Å². The van der Waals surface area contributed by atoms with E-state index in [1.165, 1.54) is 0 Å². The molecular formula is C15H14ClNOS. The van der Waals surface area contributed by atoms with Crippen LogP contribution in [0.5, 0.6) is 0 Å². The Labute approximate surface area is 123 Å². The second-order valence-corrected chi connectivity index (χ2v) is 5.28. The third kappa shape index (κ3) is 3.31. The number of amides is 1. The van der Waals surface area contributed by atoms with E-state index < -0.39 is 11.8 Å². The van der Waals surface area contributed by atoms with Gasteiger partial charge in [0.2, 0.25) is 5.91 Å². The Kier molecular flexibility index (Phi) is 4.51. The number of benzene rings is 2. The predicted octanol–water partition coefficient (Wildman–Crippen LogP) is 3.58. The van der Waals surface area contributed by atoms with Gasteiger partial charge in [0.25, 0.3) is 0 Å². The van der Waals surface area contributed by atoms with Crippen LogP contribution in [0.2, 0.25) is 5.02 Å². The maximum atomic E-state index is 11.7. The molecule has 0 aliphatic carbocycles. The Morgan fingerprint density at radius 2 is 1.58 bits per heavy atom. The van der Waals surface area contributed by atoms with Crippen LogP contribution in [-0.2, 0) is 4.79 Å². The fraction of sp³-hybridized carbons (Fsp3) is 0.133. The largest absolute Gasteiger partial charge is 0.369 e. The van der Waals surface area contributed by atoms with Crippen molar-refractivity contribution < 1.29 is 4.79 Å². The van der Waals surface area contributed by atoms with Gasteiger partial charge in [-0.05, 0) is 23.3 Å². The quantitative estimate of drug-likeness (QED) is 0.831. The number of hydrogen-bond acceptors (Lipinski definition) is 2. The van der Waals surface area contributed by atoms with Crippen LogP contribution in [-0.4, -0.2) is 5.91 Å². The topological polar surface area (TPSA) is 43.1 Å². The lowest BCUT2D eigenvalue weighted by Crippen LogP contribution is -2.25. The highest BCUT2D eigenvalue weighted by Gasteiger charge is 2.26. The van der Waals surface area contributed by atoms with Gasteiger partial charge in [0.15, 0.2) is 0 Å². The highest BCUT2D eigenvalue weighted by Crippen LogP contribution is 2.36. The van der Waals surface area contributed by atoms with E-state index in [0.29, 0.717) is 5.02 Å². The van der Waals surface area contributed by atoms with Crippen molar-refractivity contribution in [2.75, 3.05) is 0 Å². The highest BCUT2D eigenvalue weighted by molar-refractivity contribution is 7.80. The summed E-state index contributed by atoms with van der Waals surface area (Å²) in [5, 5.41) is 0.349. The molecule has 2 aromatic rings. The lowest BCUT2D eigenvalue weighted by atomic mass is 9.91. The molecule has 0 aliphatic heterocycles. The van der Waals surface area contributed by atoms with Crippen molar-refractivity contribution in [3.8, 4) is 0 Å². The third-order valence-electron chi connectivity index (χ3n) is 2.99. The van der Waals surface area contributed by atoms with E-state index in [2.05, 4.69) is 12.6 Å². The average molecular weight is 292 g/mol. The number of carbonyl (C=O) groups excluding carboxylic acids is 1. The van der Waals surface area contributed by atoms with E-state index in [9.17, 15) is 4.79 Å². The molecule has 2 nitrogen and oxygen atoms in total. The van der Waals surface area contributed by atoms with Gasteiger partial charge in [-0.3, -0.25) is 4.79 Å². The Balaban J connectivity index is 2.36. The van der Waals surface area contributed by atoms with Gasteiger partial charge in [-0.25, -0.2) is 0 Å². The van der Waals surface area contributed by atoms with Crippen molar-refractivity contribution in [2.24, 2.45) is 5.73 Å². The molecule has 0 saturated carbocycles. The Hall–Kier alpha value is -1.45. The van der Waals surface area contributed by atoms with Crippen LogP contribution < -0.4 is 5.73 Å². The maximum absolute atomic E-state index is 11.7. The number of nitrogens with two attached hydrogens (primary N) is 1. The summed E-state index contributed by atoms with van der Waals surface area (Å²) in [4.78, 5) is 11.7. The normalized spacial score (nSPS) is 13.8. The van der Waals surface area contributed by atoms with Crippen molar-refractivity contribution in [2.45, 2.75) is 11.2 Å². The lowest BCUT2D eigenvalue weighted by Gasteiger charge is -2.21. The van der Waals surface area contributed by atoms with E-state index in [4.69, 9.17) is 17.3 Å². The molecule has 0 bridgehead atoms. The maximum Gasteiger partial charge on any atom is 0.226 e. The van der Waals surface area contributed by atoms with E-state index >= 15 is 0 Å². The van der Waals surface area contributed by atoms with Crippen molar-refractivity contribution in [3.63, 3.8) is 0 Å². The fourth-order valence-electron chi connectivity index (χ4n) is 2.01.